The predicted molar refractivity (Wildman–Crippen MR) is 173 cm³/mol. The van der Waals surface area contributed by atoms with Gasteiger partial charge in [-0.1, -0.05) is 55.3 Å². The molecule has 1 aliphatic carbocycles. The molecular formula is C36H32Cl2SiZr-4. The monoisotopic (exact) mass is 652 g/mol. The molecule has 6 aromatic carbocycles. The molecule has 0 unspecified atom stereocenters. The molecule has 0 spiro atoms. The van der Waals surface area contributed by atoms with E-state index in [4.69, 9.17) is 0 Å². The Hall–Kier alpha value is -2.61. The van der Waals surface area contributed by atoms with Gasteiger partial charge in [0.05, 0.1) is 0 Å². The first kappa shape index (κ1) is 35.4. The van der Waals surface area contributed by atoms with Gasteiger partial charge in [-0.15, -0.1) is 71.0 Å². The van der Waals surface area contributed by atoms with Gasteiger partial charge in [0.2, 0.25) is 0 Å². The maximum absolute atomic E-state index is 3.30. The molecule has 0 amide bonds. The van der Waals surface area contributed by atoms with Crippen LogP contribution in [0.1, 0.15) is 22.3 Å². The van der Waals surface area contributed by atoms with Crippen molar-refractivity contribution in [2.24, 2.45) is 0 Å². The van der Waals surface area contributed by atoms with Crippen molar-refractivity contribution in [1.82, 2.24) is 0 Å². The van der Waals surface area contributed by atoms with E-state index in [9.17, 15) is 0 Å². The number of benzene rings is 5. The Morgan fingerprint density at radius 3 is 1.73 bits per heavy atom. The summed E-state index contributed by atoms with van der Waals surface area (Å²) in [6.45, 7) is 7.40. The normalized spacial score (nSPS) is 9.43. The third-order valence-electron chi connectivity index (χ3n) is 6.16. The van der Waals surface area contributed by atoms with Crippen LogP contribution in [0, 0.1) is 32.0 Å². The first-order chi connectivity index (χ1) is 18.7. The van der Waals surface area contributed by atoms with Crippen LogP contribution in [-0.4, -0.2) is 6.88 Å². The van der Waals surface area contributed by atoms with Gasteiger partial charge in [0.1, 0.15) is 0 Å². The minimum atomic E-state index is 0. The Balaban J connectivity index is 0.000000270. The molecular weight excluding hydrogens is 623 g/mol. The third-order valence-corrected chi connectivity index (χ3v) is 6.16. The minimum absolute atomic E-state index is 0. The second-order valence-corrected chi connectivity index (χ2v) is 8.59. The molecule has 4 heteroatoms. The largest absolute Gasteiger partial charge is 0.184 e. The average Bonchev–Trinajstić information content (AvgIpc) is 3.53. The fourth-order valence-corrected chi connectivity index (χ4v) is 4.20. The van der Waals surface area contributed by atoms with Crippen molar-refractivity contribution in [2.75, 3.05) is 0 Å². The van der Waals surface area contributed by atoms with Crippen molar-refractivity contribution >= 4 is 42.5 Å². The van der Waals surface area contributed by atoms with Crippen LogP contribution in [-0.2, 0) is 29.8 Å². The quantitative estimate of drug-likeness (QED) is 0.113. The second kappa shape index (κ2) is 20.3. The van der Waals surface area contributed by atoms with Crippen molar-refractivity contribution in [3.8, 4) is 11.1 Å². The fourth-order valence-electron chi connectivity index (χ4n) is 4.20. The van der Waals surface area contributed by atoms with Crippen molar-refractivity contribution in [1.29, 1.82) is 0 Å². The topological polar surface area (TPSA) is 0 Å². The molecule has 2 radical (unpaired) electrons. The standard InChI is InChI=1S/C13H9.C11H11.2C6H5.2ClH.Si.Zr/c1-3-7-12-10(5-1)9-11-6-2-4-8-13(11)12;1-8-7-10-5-3-4-6-11(10)9(8)2;2*1-2-4-6-5-3-1;;;;/h1-5,7-8H,9H2;3-7H,1-2H3;2*1-5H;2*1H;;/q4*-1;;;;. The van der Waals surface area contributed by atoms with E-state index in [1.54, 1.807) is 0 Å². The number of hydrogen-bond donors (Lipinski definition) is 0. The summed E-state index contributed by atoms with van der Waals surface area (Å²) < 4.78 is 0. The summed E-state index contributed by atoms with van der Waals surface area (Å²) in [7, 11) is 0. The predicted octanol–water partition coefficient (Wildman–Crippen LogP) is 9.67. The van der Waals surface area contributed by atoms with E-state index >= 15 is 0 Å². The molecule has 0 fully saturated rings. The average molecular weight is 655 g/mol. The summed E-state index contributed by atoms with van der Waals surface area (Å²) in [4.78, 5) is 0. The van der Waals surface area contributed by atoms with Gasteiger partial charge in [0.25, 0.3) is 0 Å². The van der Waals surface area contributed by atoms with Gasteiger partial charge in [-0.25, -0.2) is 0 Å². The Labute approximate surface area is 269 Å². The Morgan fingerprint density at radius 2 is 1.18 bits per heavy atom. The van der Waals surface area contributed by atoms with Crippen LogP contribution >= 0.6 is 24.8 Å². The molecule has 7 rings (SSSR count). The van der Waals surface area contributed by atoms with Gasteiger partial charge < -0.3 is 0 Å². The third kappa shape index (κ3) is 10.8. The number of aryl methyl sites for hydroxylation is 2. The molecule has 202 valence electrons. The molecule has 1 aliphatic rings. The zero-order valence-corrected chi connectivity index (χ0v) is 27.8. The van der Waals surface area contributed by atoms with Crippen LogP contribution in [0.25, 0.3) is 21.9 Å². The maximum atomic E-state index is 3.30. The van der Waals surface area contributed by atoms with Crippen LogP contribution in [0.2, 0.25) is 0 Å². The maximum Gasteiger partial charge on any atom is -0.0253 e. The van der Waals surface area contributed by atoms with E-state index in [2.05, 4.69) is 106 Å². The van der Waals surface area contributed by atoms with Gasteiger partial charge in [-0.3, -0.25) is 0 Å². The molecule has 0 saturated heterocycles. The summed E-state index contributed by atoms with van der Waals surface area (Å²) in [6.07, 6.45) is 1.05. The number of halogens is 2. The summed E-state index contributed by atoms with van der Waals surface area (Å²) in [5.41, 5.74) is 8.32. The summed E-state index contributed by atoms with van der Waals surface area (Å²) >= 11 is 1.36. The fraction of sp³-hybridized carbons (Fsp3) is 0.0833. The van der Waals surface area contributed by atoms with Gasteiger partial charge in [-0.05, 0) is 6.42 Å². The van der Waals surface area contributed by atoms with Crippen LogP contribution in [0.3, 0.4) is 0 Å². The smallest absolute Gasteiger partial charge is 0.0253 e. The number of fused-ring (bicyclic) bond motifs is 4. The molecule has 0 N–H and O–H groups in total. The van der Waals surface area contributed by atoms with Crippen molar-refractivity contribution in [3.63, 3.8) is 0 Å². The molecule has 0 nitrogen and oxygen atoms in total. The zero-order valence-electron chi connectivity index (χ0n) is 22.7. The molecule has 0 heterocycles. The van der Waals surface area contributed by atoms with Gasteiger partial charge in [0.15, 0.2) is 0 Å². The summed E-state index contributed by atoms with van der Waals surface area (Å²) in [5, 5.41) is 2.76. The Kier molecular flexibility index (Phi) is 18.0. The van der Waals surface area contributed by atoms with Crippen LogP contribution in [0.5, 0.6) is 0 Å². The van der Waals surface area contributed by atoms with E-state index in [1.807, 2.05) is 66.7 Å². The molecule has 0 aliphatic heterocycles. The van der Waals surface area contributed by atoms with Crippen LogP contribution in [0.4, 0.5) is 0 Å². The van der Waals surface area contributed by atoms with Gasteiger partial charge in [-0.2, -0.15) is 108 Å². The van der Waals surface area contributed by atoms with Gasteiger partial charge in [0, 0.05) is 0 Å². The molecule has 6 aromatic rings. The van der Waals surface area contributed by atoms with E-state index in [0.29, 0.717) is 0 Å². The van der Waals surface area contributed by atoms with E-state index in [-0.39, 0.29) is 24.8 Å². The molecule has 0 saturated carbocycles. The van der Waals surface area contributed by atoms with Crippen molar-refractivity contribution < 1.29 is 23.3 Å². The van der Waals surface area contributed by atoms with E-state index in [0.717, 1.165) is 6.42 Å². The Morgan fingerprint density at radius 1 is 0.625 bits per heavy atom. The number of hydrogen-bond acceptors (Lipinski definition) is 0. The zero-order chi connectivity index (χ0) is 27.0. The minimum Gasteiger partial charge on any atom is -0.184 e. The second-order valence-electron chi connectivity index (χ2n) is 8.59. The molecule has 0 bridgehead atoms. The van der Waals surface area contributed by atoms with Crippen LogP contribution in [0.15, 0.2) is 133 Å². The first-order valence-corrected chi connectivity index (χ1v) is 16.7. The molecule has 40 heavy (non-hydrogen) atoms. The first-order valence-electron chi connectivity index (χ1n) is 12.5. The van der Waals surface area contributed by atoms with Crippen molar-refractivity contribution in [3.05, 3.63) is 174 Å². The van der Waals surface area contributed by atoms with Crippen LogP contribution < -0.4 is 0 Å². The Bertz CT molecular complexity index is 1370. The number of rotatable bonds is 0. The molecule has 0 aromatic heterocycles. The molecule has 0 atom stereocenters. The van der Waals surface area contributed by atoms with Crippen molar-refractivity contribution in [2.45, 2.75) is 20.3 Å². The van der Waals surface area contributed by atoms with Gasteiger partial charge >= 0.3 is 30.2 Å². The summed E-state index contributed by atoms with van der Waals surface area (Å²) in [6, 6.07) is 53.9. The van der Waals surface area contributed by atoms with E-state index in [1.165, 1.54) is 67.5 Å². The van der Waals surface area contributed by atoms with E-state index < -0.39 is 0 Å². The SMILES string of the molecule is Cc1[cH-]c2ccccc2c1C.Cl.Cl.[Si]=[Zr].[c-]1cccc2c1Cc1ccccc1-2.[c-]1ccccc1.[c-]1ccccc1. The summed E-state index contributed by atoms with van der Waals surface area (Å²) in [5.74, 6) is 0.